The maximum absolute atomic E-state index is 10.8. The summed E-state index contributed by atoms with van der Waals surface area (Å²) in [5.41, 5.74) is 5.56. The van der Waals surface area contributed by atoms with Gasteiger partial charge in [0, 0.05) is 24.1 Å². The molecule has 6 nitrogen and oxygen atoms in total. The van der Waals surface area contributed by atoms with Crippen LogP contribution in [0.4, 0.5) is 5.69 Å². The summed E-state index contributed by atoms with van der Waals surface area (Å²) in [5.74, 6) is -0.127. The van der Waals surface area contributed by atoms with Gasteiger partial charge in [-0.05, 0) is 35.7 Å². The van der Waals surface area contributed by atoms with Crippen LogP contribution in [0.2, 0.25) is 0 Å². The molecular weight excluding hydrogens is 392 g/mol. The van der Waals surface area contributed by atoms with Gasteiger partial charge in [-0.1, -0.05) is 59.8 Å². The van der Waals surface area contributed by atoms with Crippen LogP contribution in [0.15, 0.2) is 78.0 Å². The van der Waals surface area contributed by atoms with Crippen LogP contribution >= 0.6 is 0 Å². The van der Waals surface area contributed by atoms with E-state index in [0.29, 0.717) is 18.7 Å². The van der Waals surface area contributed by atoms with Gasteiger partial charge in [0.2, 0.25) is 0 Å². The molecule has 0 aliphatic heterocycles. The minimum absolute atomic E-state index is 0.0928. The molecule has 0 saturated carbocycles. The summed E-state index contributed by atoms with van der Waals surface area (Å²) in [6, 6.07) is 23.7. The fourth-order valence-corrected chi connectivity index (χ4v) is 3.27. The first kappa shape index (κ1) is 21.9. The third-order valence-electron chi connectivity index (χ3n) is 4.81. The van der Waals surface area contributed by atoms with E-state index in [4.69, 9.17) is 14.7 Å². The predicted octanol–water partition coefficient (Wildman–Crippen LogP) is 4.72. The number of nitrogens with zero attached hydrogens (tertiary/aromatic N) is 1. The second-order valence-corrected chi connectivity index (χ2v) is 6.97. The van der Waals surface area contributed by atoms with Crippen LogP contribution in [0, 0.1) is 0 Å². The summed E-state index contributed by atoms with van der Waals surface area (Å²) in [7, 11) is 3.15. The highest BCUT2D eigenvalue weighted by atomic mass is 16.6. The van der Waals surface area contributed by atoms with Crippen molar-refractivity contribution in [1.82, 2.24) is 0 Å². The molecule has 3 rings (SSSR count). The smallest absolute Gasteiger partial charge is 0.303 e. The number of methoxy groups -OCH3 is 1. The summed E-state index contributed by atoms with van der Waals surface area (Å²) in [6.07, 6.45) is 0.560. The lowest BCUT2D eigenvalue weighted by Crippen LogP contribution is -2.07. The number of benzene rings is 3. The Kier molecular flexibility index (Phi) is 7.65. The lowest BCUT2D eigenvalue weighted by Gasteiger charge is -2.14. The van der Waals surface area contributed by atoms with Gasteiger partial charge in [-0.2, -0.15) is 0 Å². The van der Waals surface area contributed by atoms with Crippen molar-refractivity contribution in [3.63, 3.8) is 0 Å². The zero-order valence-electron chi connectivity index (χ0n) is 17.7. The summed E-state index contributed by atoms with van der Waals surface area (Å²) in [4.78, 5) is 15.9. The molecule has 0 unspecified atom stereocenters. The largest absolute Gasteiger partial charge is 0.495 e. The lowest BCUT2D eigenvalue weighted by atomic mass is 10.0. The van der Waals surface area contributed by atoms with Gasteiger partial charge in [0.25, 0.3) is 0 Å². The number of carboxylic acid groups (broad SMARTS) is 1. The van der Waals surface area contributed by atoms with E-state index in [2.05, 4.69) is 16.5 Å². The van der Waals surface area contributed by atoms with E-state index in [1.54, 1.807) is 14.2 Å². The molecule has 2 N–H and O–H groups in total. The average Bonchev–Trinajstić information content (AvgIpc) is 2.80. The number of nitrogens with one attached hydrogen (secondary N) is 1. The van der Waals surface area contributed by atoms with Crippen molar-refractivity contribution in [3.8, 4) is 5.75 Å². The highest BCUT2D eigenvalue weighted by molar-refractivity contribution is 6.12. The van der Waals surface area contributed by atoms with Gasteiger partial charge in [-0.25, -0.2) is 0 Å². The monoisotopic (exact) mass is 418 g/mol. The highest BCUT2D eigenvalue weighted by Crippen LogP contribution is 2.27. The fraction of sp³-hybridized carbons (Fsp3) is 0.200. The van der Waals surface area contributed by atoms with Gasteiger partial charge in [-0.15, -0.1) is 0 Å². The van der Waals surface area contributed by atoms with Crippen molar-refractivity contribution in [3.05, 3.63) is 95.1 Å². The summed E-state index contributed by atoms with van der Waals surface area (Å²) >= 11 is 0. The summed E-state index contributed by atoms with van der Waals surface area (Å²) in [6.45, 7) is 0.591. The average molecular weight is 418 g/mol. The van der Waals surface area contributed by atoms with Gasteiger partial charge in [0.05, 0.1) is 12.8 Å². The Morgan fingerprint density at radius 3 is 2.42 bits per heavy atom. The van der Waals surface area contributed by atoms with Gasteiger partial charge in [0.1, 0.15) is 18.6 Å². The first-order valence-corrected chi connectivity index (χ1v) is 9.99. The number of oxime groups is 1. The number of hydrogen-bond acceptors (Lipinski definition) is 5. The van der Waals surface area contributed by atoms with Gasteiger partial charge in [0.15, 0.2) is 0 Å². The number of anilines is 1. The Balaban J connectivity index is 1.75. The van der Waals surface area contributed by atoms with E-state index >= 15 is 0 Å². The quantitative estimate of drug-likeness (QED) is 0.368. The van der Waals surface area contributed by atoms with E-state index in [-0.39, 0.29) is 6.42 Å². The Morgan fingerprint density at radius 1 is 0.935 bits per heavy atom. The number of ether oxygens (including phenoxy) is 1. The topological polar surface area (TPSA) is 80.2 Å². The standard InChI is InChI=1S/C25H26N2O4/c1-30-23-16-18(12-14-24(28)29)11-13-22(23)26-17-19-7-6-10-21(15-19)25(27-31-2)20-8-4-3-5-9-20/h3-11,13,15-16,26H,12,14,17H2,1-2H3,(H,28,29)/b27-25-. The number of aliphatic carboxylic acids is 1. The third-order valence-corrected chi connectivity index (χ3v) is 4.81. The van der Waals surface area contributed by atoms with Gasteiger partial charge >= 0.3 is 5.97 Å². The van der Waals surface area contributed by atoms with Gasteiger partial charge in [-0.3, -0.25) is 4.79 Å². The third kappa shape index (κ3) is 6.09. The predicted molar refractivity (Wildman–Crippen MR) is 122 cm³/mol. The Morgan fingerprint density at radius 2 is 1.71 bits per heavy atom. The molecule has 3 aromatic carbocycles. The second-order valence-electron chi connectivity index (χ2n) is 6.97. The van der Waals surface area contributed by atoms with Crippen molar-refractivity contribution in [1.29, 1.82) is 0 Å². The molecule has 0 aliphatic carbocycles. The van der Waals surface area contributed by atoms with Crippen molar-refractivity contribution in [2.75, 3.05) is 19.5 Å². The van der Waals surface area contributed by atoms with E-state index in [0.717, 1.165) is 33.7 Å². The maximum Gasteiger partial charge on any atom is 0.303 e. The molecule has 0 aliphatic rings. The van der Waals surface area contributed by atoms with Crippen LogP contribution in [0.1, 0.15) is 28.7 Å². The van der Waals surface area contributed by atoms with Crippen molar-refractivity contribution in [2.24, 2.45) is 5.16 Å². The first-order chi connectivity index (χ1) is 15.1. The van der Waals surface area contributed by atoms with Crippen LogP contribution in [0.25, 0.3) is 0 Å². The van der Waals surface area contributed by atoms with Crippen molar-refractivity contribution < 1.29 is 19.5 Å². The van der Waals surface area contributed by atoms with Crippen LogP contribution in [0.3, 0.4) is 0 Å². The molecule has 31 heavy (non-hydrogen) atoms. The molecule has 0 spiro atoms. The molecule has 0 fully saturated rings. The summed E-state index contributed by atoms with van der Waals surface area (Å²) < 4.78 is 5.49. The van der Waals surface area contributed by atoms with E-state index in [9.17, 15) is 4.79 Å². The Bertz CT molecular complexity index is 1050. The van der Waals surface area contributed by atoms with Crippen LogP contribution < -0.4 is 10.1 Å². The molecule has 6 heteroatoms. The second kappa shape index (κ2) is 10.8. The molecule has 0 amide bonds. The molecule has 0 heterocycles. The number of carboxylic acids is 1. The fourth-order valence-electron chi connectivity index (χ4n) is 3.27. The number of hydrogen-bond donors (Lipinski definition) is 2. The molecule has 3 aromatic rings. The van der Waals surface area contributed by atoms with Crippen molar-refractivity contribution in [2.45, 2.75) is 19.4 Å². The van der Waals surface area contributed by atoms with E-state index in [1.165, 1.54) is 0 Å². The van der Waals surface area contributed by atoms with E-state index < -0.39 is 5.97 Å². The normalized spacial score (nSPS) is 11.1. The Hall–Kier alpha value is -3.80. The van der Waals surface area contributed by atoms with E-state index in [1.807, 2.05) is 66.7 Å². The highest BCUT2D eigenvalue weighted by Gasteiger charge is 2.10. The number of aryl methyl sites for hydroxylation is 1. The molecule has 0 radical (unpaired) electrons. The molecule has 0 bridgehead atoms. The first-order valence-electron chi connectivity index (χ1n) is 9.99. The van der Waals surface area contributed by atoms with Gasteiger partial charge < -0.3 is 20.0 Å². The minimum Gasteiger partial charge on any atom is -0.495 e. The summed E-state index contributed by atoms with van der Waals surface area (Å²) in [5, 5.41) is 16.5. The maximum atomic E-state index is 10.8. The lowest BCUT2D eigenvalue weighted by molar-refractivity contribution is -0.136. The van der Waals surface area contributed by atoms with Crippen molar-refractivity contribution >= 4 is 17.4 Å². The van der Waals surface area contributed by atoms with Crippen LogP contribution in [-0.2, 0) is 22.6 Å². The van der Waals surface area contributed by atoms with Crippen LogP contribution in [0.5, 0.6) is 5.75 Å². The molecular formula is C25H26N2O4. The molecule has 0 atom stereocenters. The zero-order valence-corrected chi connectivity index (χ0v) is 17.7. The SMILES string of the molecule is CO/N=C(/c1ccccc1)c1cccc(CNc2ccc(CCC(=O)O)cc2OC)c1. The molecule has 0 saturated heterocycles. The molecule has 0 aromatic heterocycles. The molecule has 160 valence electrons. The number of rotatable bonds is 10. The Labute approximate surface area is 182 Å². The minimum atomic E-state index is -0.812. The number of carbonyl (C=O) groups is 1. The van der Waals surface area contributed by atoms with Crippen LogP contribution in [-0.4, -0.2) is 31.0 Å². The zero-order chi connectivity index (χ0) is 22.1.